The van der Waals surface area contributed by atoms with Crippen molar-refractivity contribution in [3.63, 3.8) is 0 Å². The van der Waals surface area contributed by atoms with E-state index in [1.807, 2.05) is 0 Å². The average molecular weight is 294 g/mol. The Morgan fingerprint density at radius 2 is 2.07 bits per heavy atom. The molecule has 0 bridgehead atoms. The zero-order chi connectivity index (χ0) is 11.4. The number of hydrogen-bond acceptors (Lipinski definition) is 0. The van der Waals surface area contributed by atoms with Crippen LogP contribution < -0.4 is 0 Å². The van der Waals surface area contributed by atoms with Crippen LogP contribution in [0.25, 0.3) is 0 Å². The van der Waals surface area contributed by atoms with Gasteiger partial charge in [-0.1, -0.05) is 29.8 Å². The molecule has 0 nitrogen and oxygen atoms in total. The molecule has 15 heavy (non-hydrogen) atoms. The summed E-state index contributed by atoms with van der Waals surface area (Å²) in [6, 6.07) is 4.78. The topological polar surface area (TPSA) is 0 Å². The third-order valence-corrected chi connectivity index (χ3v) is 3.80. The predicted molar refractivity (Wildman–Crippen MR) is 66.9 cm³/mol. The summed E-state index contributed by atoms with van der Waals surface area (Å²) in [5, 5.41) is 0. The van der Waals surface area contributed by atoms with Crippen molar-refractivity contribution in [2.75, 3.05) is 5.88 Å². The van der Waals surface area contributed by atoms with Gasteiger partial charge in [-0.2, -0.15) is 0 Å². The van der Waals surface area contributed by atoms with E-state index in [4.69, 9.17) is 11.6 Å². The summed E-state index contributed by atoms with van der Waals surface area (Å²) in [4.78, 5) is 0. The maximum atomic E-state index is 13.0. The summed E-state index contributed by atoms with van der Waals surface area (Å²) in [5.74, 6) is 1.33. The molecule has 1 rings (SSSR count). The van der Waals surface area contributed by atoms with Crippen molar-refractivity contribution in [1.82, 2.24) is 0 Å². The molecular formula is C12H15BrClF. The number of hydrogen-bond donors (Lipinski definition) is 0. The first-order valence-corrected chi connectivity index (χ1v) is 6.37. The second kappa shape index (κ2) is 5.86. The van der Waals surface area contributed by atoms with E-state index < -0.39 is 0 Å². The summed E-state index contributed by atoms with van der Waals surface area (Å²) >= 11 is 9.32. The molecule has 1 aromatic rings. The monoisotopic (exact) mass is 292 g/mol. The smallest absolute Gasteiger partial charge is 0.123 e. The standard InChI is InChI=1S/C12H15BrClF/c1-8(2)10(7-14)5-9-6-11(15)3-4-12(9)13/h3-4,6,8,10H,5,7H2,1-2H3. The molecule has 0 aliphatic carbocycles. The van der Waals surface area contributed by atoms with Crippen molar-refractivity contribution >= 4 is 27.5 Å². The Morgan fingerprint density at radius 3 is 2.60 bits per heavy atom. The van der Waals surface area contributed by atoms with Crippen LogP contribution in [0.4, 0.5) is 4.39 Å². The molecule has 0 aliphatic rings. The van der Waals surface area contributed by atoms with Crippen molar-refractivity contribution in [2.45, 2.75) is 20.3 Å². The van der Waals surface area contributed by atoms with E-state index in [0.717, 1.165) is 16.5 Å². The minimum absolute atomic E-state index is 0.190. The van der Waals surface area contributed by atoms with E-state index in [-0.39, 0.29) is 5.82 Å². The molecule has 0 N–H and O–H groups in total. The van der Waals surface area contributed by atoms with Gasteiger partial charge in [0.1, 0.15) is 5.82 Å². The van der Waals surface area contributed by atoms with Crippen LogP contribution in [0.5, 0.6) is 0 Å². The highest BCUT2D eigenvalue weighted by atomic mass is 79.9. The van der Waals surface area contributed by atoms with E-state index in [1.54, 1.807) is 12.1 Å². The van der Waals surface area contributed by atoms with Gasteiger partial charge in [-0.3, -0.25) is 0 Å². The molecule has 1 aromatic carbocycles. The van der Waals surface area contributed by atoms with E-state index in [0.29, 0.717) is 17.7 Å². The Labute approximate surface area is 104 Å². The van der Waals surface area contributed by atoms with Gasteiger partial charge in [-0.25, -0.2) is 4.39 Å². The van der Waals surface area contributed by atoms with E-state index >= 15 is 0 Å². The Morgan fingerprint density at radius 1 is 1.40 bits per heavy atom. The number of alkyl halides is 1. The minimum atomic E-state index is -0.190. The summed E-state index contributed by atoms with van der Waals surface area (Å²) in [6.45, 7) is 4.28. The van der Waals surface area contributed by atoms with Crippen molar-refractivity contribution in [2.24, 2.45) is 11.8 Å². The van der Waals surface area contributed by atoms with Gasteiger partial charge in [-0.15, -0.1) is 11.6 Å². The minimum Gasteiger partial charge on any atom is -0.207 e. The van der Waals surface area contributed by atoms with Crippen LogP contribution >= 0.6 is 27.5 Å². The Bertz CT molecular complexity index is 325. The lowest BCUT2D eigenvalue weighted by atomic mass is 9.91. The van der Waals surface area contributed by atoms with E-state index in [9.17, 15) is 4.39 Å². The molecule has 1 atom stereocenters. The zero-order valence-electron chi connectivity index (χ0n) is 8.93. The van der Waals surface area contributed by atoms with Crippen molar-refractivity contribution in [3.05, 3.63) is 34.1 Å². The van der Waals surface area contributed by atoms with Gasteiger partial charge in [0.15, 0.2) is 0 Å². The number of benzene rings is 1. The molecular weight excluding hydrogens is 278 g/mol. The lowest BCUT2D eigenvalue weighted by Gasteiger charge is -2.18. The highest BCUT2D eigenvalue weighted by Crippen LogP contribution is 2.24. The Hall–Kier alpha value is -0.0800. The predicted octanol–water partition coefficient (Wildman–Crippen LogP) is 4.64. The molecule has 1 unspecified atom stereocenters. The van der Waals surface area contributed by atoms with Crippen LogP contribution in [0.2, 0.25) is 0 Å². The van der Waals surface area contributed by atoms with Crippen LogP contribution in [0, 0.1) is 17.7 Å². The van der Waals surface area contributed by atoms with Crippen LogP contribution in [0.15, 0.2) is 22.7 Å². The summed E-state index contributed by atoms with van der Waals surface area (Å²) in [6.07, 6.45) is 0.819. The summed E-state index contributed by atoms with van der Waals surface area (Å²) in [7, 11) is 0. The van der Waals surface area contributed by atoms with Crippen molar-refractivity contribution in [1.29, 1.82) is 0 Å². The molecule has 0 heterocycles. The SMILES string of the molecule is CC(C)C(CCl)Cc1cc(F)ccc1Br. The van der Waals surface area contributed by atoms with Crippen LogP contribution in [0.3, 0.4) is 0 Å². The molecule has 0 fully saturated rings. The van der Waals surface area contributed by atoms with Gasteiger partial charge in [0.25, 0.3) is 0 Å². The lowest BCUT2D eigenvalue weighted by molar-refractivity contribution is 0.421. The van der Waals surface area contributed by atoms with Crippen molar-refractivity contribution < 1.29 is 4.39 Å². The lowest BCUT2D eigenvalue weighted by Crippen LogP contribution is -2.14. The first-order valence-electron chi connectivity index (χ1n) is 5.04. The molecule has 3 heteroatoms. The molecule has 0 saturated carbocycles. The fraction of sp³-hybridized carbons (Fsp3) is 0.500. The largest absolute Gasteiger partial charge is 0.207 e. The fourth-order valence-electron chi connectivity index (χ4n) is 1.45. The number of halogens is 3. The van der Waals surface area contributed by atoms with Gasteiger partial charge in [0.2, 0.25) is 0 Å². The summed E-state index contributed by atoms with van der Waals surface area (Å²) < 4.78 is 14.0. The first-order chi connectivity index (χ1) is 7.04. The second-order valence-corrected chi connectivity index (χ2v) is 5.26. The normalized spacial score (nSPS) is 13.2. The molecule has 0 radical (unpaired) electrons. The van der Waals surface area contributed by atoms with Gasteiger partial charge >= 0.3 is 0 Å². The van der Waals surface area contributed by atoms with Gasteiger partial charge in [-0.05, 0) is 42.0 Å². The first kappa shape index (κ1) is 13.0. The zero-order valence-corrected chi connectivity index (χ0v) is 11.3. The average Bonchev–Trinajstić information content (AvgIpc) is 2.18. The maximum absolute atomic E-state index is 13.0. The fourth-order valence-corrected chi connectivity index (χ4v) is 2.32. The molecule has 0 spiro atoms. The molecule has 84 valence electrons. The maximum Gasteiger partial charge on any atom is 0.123 e. The van der Waals surface area contributed by atoms with Gasteiger partial charge in [0, 0.05) is 10.4 Å². The molecule has 0 amide bonds. The highest BCUT2D eigenvalue weighted by molar-refractivity contribution is 9.10. The molecule has 0 saturated heterocycles. The molecule has 0 aromatic heterocycles. The summed E-state index contributed by atoms with van der Waals surface area (Å²) in [5.41, 5.74) is 0.995. The van der Waals surface area contributed by atoms with Gasteiger partial charge < -0.3 is 0 Å². The van der Waals surface area contributed by atoms with E-state index in [1.165, 1.54) is 6.07 Å². The quantitative estimate of drug-likeness (QED) is 0.709. The van der Waals surface area contributed by atoms with E-state index in [2.05, 4.69) is 29.8 Å². The van der Waals surface area contributed by atoms with Gasteiger partial charge in [0.05, 0.1) is 0 Å². The van der Waals surface area contributed by atoms with Crippen LogP contribution in [0.1, 0.15) is 19.4 Å². The Balaban J connectivity index is 2.82. The molecule has 0 aliphatic heterocycles. The Kier molecular flexibility index (Phi) is 5.07. The third kappa shape index (κ3) is 3.76. The van der Waals surface area contributed by atoms with Crippen LogP contribution in [-0.4, -0.2) is 5.88 Å². The van der Waals surface area contributed by atoms with Crippen molar-refractivity contribution in [3.8, 4) is 0 Å². The third-order valence-electron chi connectivity index (χ3n) is 2.63. The van der Waals surface area contributed by atoms with Crippen LogP contribution in [-0.2, 0) is 6.42 Å². The second-order valence-electron chi connectivity index (χ2n) is 4.10. The number of rotatable bonds is 4. The highest BCUT2D eigenvalue weighted by Gasteiger charge is 2.14.